The number of carbonyl (C=O) groups is 1. The predicted molar refractivity (Wildman–Crippen MR) is 113 cm³/mol. The van der Waals surface area contributed by atoms with Crippen molar-refractivity contribution < 1.29 is 9.53 Å². The lowest BCUT2D eigenvalue weighted by molar-refractivity contribution is 0.0691. The molecule has 1 aliphatic heterocycles. The minimum Gasteiger partial charge on any atom is -0.456 e. The number of amides is 1. The normalized spacial score (nSPS) is 14.6. The van der Waals surface area contributed by atoms with Gasteiger partial charge in [0.15, 0.2) is 0 Å². The Morgan fingerprint density at radius 2 is 1.81 bits per heavy atom. The fourth-order valence-electron chi connectivity index (χ4n) is 3.17. The number of hydrogen-bond donors (Lipinski definition) is 1. The highest BCUT2D eigenvalue weighted by Gasteiger charge is 2.23. The van der Waals surface area contributed by atoms with Crippen molar-refractivity contribution in [2.45, 2.75) is 12.8 Å². The van der Waals surface area contributed by atoms with E-state index in [0.29, 0.717) is 33.0 Å². The summed E-state index contributed by atoms with van der Waals surface area (Å²) in [5, 5.41) is 4.03. The third kappa shape index (κ3) is 5.52. The molecule has 0 radical (unpaired) electrons. The summed E-state index contributed by atoms with van der Waals surface area (Å²) in [6, 6.07) is 12.4. The lowest BCUT2D eigenvalue weighted by Gasteiger charge is -2.32. The van der Waals surface area contributed by atoms with Crippen molar-refractivity contribution in [1.29, 1.82) is 0 Å². The van der Waals surface area contributed by atoms with Gasteiger partial charge in [0.25, 0.3) is 5.91 Å². The molecule has 2 aromatic carbocycles. The van der Waals surface area contributed by atoms with Crippen molar-refractivity contribution in [3.8, 4) is 11.5 Å². The number of piperidine rings is 1. The molecule has 7 heteroatoms. The van der Waals surface area contributed by atoms with E-state index in [1.807, 2.05) is 11.9 Å². The van der Waals surface area contributed by atoms with E-state index in [1.165, 1.54) is 0 Å². The van der Waals surface area contributed by atoms with Crippen molar-refractivity contribution in [1.82, 2.24) is 10.2 Å². The van der Waals surface area contributed by atoms with Crippen molar-refractivity contribution in [3.05, 3.63) is 58.1 Å². The van der Waals surface area contributed by atoms with Gasteiger partial charge in [-0.2, -0.15) is 0 Å². The summed E-state index contributed by atoms with van der Waals surface area (Å²) >= 11 is 12.1. The van der Waals surface area contributed by atoms with E-state index in [0.717, 1.165) is 32.5 Å². The van der Waals surface area contributed by atoms with E-state index in [1.54, 1.807) is 42.5 Å². The van der Waals surface area contributed by atoms with Crippen LogP contribution in [0.2, 0.25) is 10.0 Å². The van der Waals surface area contributed by atoms with Gasteiger partial charge in [-0.25, -0.2) is 0 Å². The van der Waals surface area contributed by atoms with Crippen molar-refractivity contribution in [2.24, 2.45) is 5.92 Å². The van der Waals surface area contributed by atoms with Crippen LogP contribution in [0.1, 0.15) is 23.2 Å². The quantitative estimate of drug-likeness (QED) is 0.703. The maximum Gasteiger partial charge on any atom is 0.253 e. The minimum absolute atomic E-state index is 0. The second-order valence-electron chi connectivity index (χ2n) is 6.47. The summed E-state index contributed by atoms with van der Waals surface area (Å²) in [6.45, 7) is 2.63. The number of nitrogens with zero attached hydrogens (tertiary/aromatic N) is 1. The third-order valence-electron chi connectivity index (χ3n) is 4.64. The van der Waals surface area contributed by atoms with Crippen LogP contribution in [0.3, 0.4) is 0 Å². The SMILES string of the molecule is CNCC1CCN(C(=O)c2ccc(Oc3cccc(Cl)c3Cl)cc2)CC1.Cl. The molecule has 1 saturated heterocycles. The second kappa shape index (κ2) is 10.2. The topological polar surface area (TPSA) is 41.6 Å². The molecule has 27 heavy (non-hydrogen) atoms. The number of halogens is 3. The molecule has 1 aliphatic rings. The average Bonchev–Trinajstić information content (AvgIpc) is 2.66. The molecule has 3 rings (SSSR count). The van der Waals surface area contributed by atoms with Crippen molar-refractivity contribution in [3.63, 3.8) is 0 Å². The van der Waals surface area contributed by atoms with Crippen LogP contribution in [0, 0.1) is 5.92 Å². The molecule has 0 aromatic heterocycles. The number of hydrogen-bond acceptors (Lipinski definition) is 3. The molecule has 1 amide bonds. The maximum atomic E-state index is 12.7. The van der Waals surface area contributed by atoms with Gasteiger partial charge in [-0.15, -0.1) is 12.4 Å². The van der Waals surface area contributed by atoms with Crippen LogP contribution in [0.25, 0.3) is 0 Å². The highest BCUT2D eigenvalue weighted by molar-refractivity contribution is 6.42. The van der Waals surface area contributed by atoms with Gasteiger partial charge >= 0.3 is 0 Å². The molecule has 0 spiro atoms. The molecule has 0 aliphatic carbocycles. The van der Waals surface area contributed by atoms with Crippen LogP contribution < -0.4 is 10.1 Å². The van der Waals surface area contributed by atoms with Crippen LogP contribution in [-0.4, -0.2) is 37.5 Å². The number of likely N-dealkylation sites (tertiary alicyclic amines) is 1. The Morgan fingerprint density at radius 1 is 1.15 bits per heavy atom. The van der Waals surface area contributed by atoms with Crippen molar-refractivity contribution in [2.75, 3.05) is 26.7 Å². The monoisotopic (exact) mass is 428 g/mol. The molecule has 1 N–H and O–H groups in total. The summed E-state index contributed by atoms with van der Waals surface area (Å²) in [5.74, 6) is 1.82. The fraction of sp³-hybridized carbons (Fsp3) is 0.350. The number of carbonyl (C=O) groups excluding carboxylic acids is 1. The van der Waals surface area contributed by atoms with Gasteiger partial charge in [0.2, 0.25) is 0 Å². The highest BCUT2D eigenvalue weighted by Crippen LogP contribution is 2.34. The van der Waals surface area contributed by atoms with Crippen LogP contribution >= 0.6 is 35.6 Å². The summed E-state index contributed by atoms with van der Waals surface area (Å²) in [4.78, 5) is 14.6. The third-order valence-corrected chi connectivity index (χ3v) is 5.44. The molecule has 146 valence electrons. The van der Waals surface area contributed by atoms with E-state index >= 15 is 0 Å². The van der Waals surface area contributed by atoms with Gasteiger partial charge in [-0.05, 0) is 68.8 Å². The maximum absolute atomic E-state index is 12.7. The molecule has 1 heterocycles. The Kier molecular flexibility index (Phi) is 8.24. The molecule has 2 aromatic rings. The van der Waals surface area contributed by atoms with Gasteiger partial charge in [0.05, 0.1) is 5.02 Å². The van der Waals surface area contributed by atoms with Gasteiger partial charge in [0.1, 0.15) is 16.5 Å². The molecular formula is C20H23Cl3N2O2. The first-order valence-corrected chi connectivity index (χ1v) is 9.50. The van der Waals surface area contributed by atoms with Crippen LogP contribution in [0.5, 0.6) is 11.5 Å². The number of benzene rings is 2. The smallest absolute Gasteiger partial charge is 0.253 e. The summed E-state index contributed by atoms with van der Waals surface area (Å²) < 4.78 is 5.76. The van der Waals surface area contributed by atoms with Gasteiger partial charge < -0.3 is 15.0 Å². The molecule has 1 fully saturated rings. The largest absolute Gasteiger partial charge is 0.456 e. The second-order valence-corrected chi connectivity index (χ2v) is 7.26. The minimum atomic E-state index is 0. The number of ether oxygens (including phenoxy) is 1. The molecule has 0 atom stereocenters. The van der Waals surface area contributed by atoms with E-state index in [2.05, 4.69) is 5.32 Å². The van der Waals surface area contributed by atoms with Crippen molar-refractivity contribution >= 4 is 41.5 Å². The predicted octanol–water partition coefficient (Wildman–Crippen LogP) is 5.28. The summed E-state index contributed by atoms with van der Waals surface area (Å²) in [6.07, 6.45) is 2.09. The number of nitrogens with one attached hydrogen (secondary N) is 1. The standard InChI is InChI=1S/C20H22Cl2N2O2.ClH/c1-23-13-14-9-11-24(12-10-14)20(25)15-5-7-16(8-6-15)26-18-4-2-3-17(21)19(18)22;/h2-8,14,23H,9-13H2,1H3;1H. The van der Waals surface area contributed by atoms with Crippen LogP contribution in [0.4, 0.5) is 0 Å². The zero-order chi connectivity index (χ0) is 18.5. The van der Waals surface area contributed by atoms with E-state index in [-0.39, 0.29) is 18.3 Å². The zero-order valence-electron chi connectivity index (χ0n) is 15.1. The van der Waals surface area contributed by atoms with Gasteiger partial charge in [-0.1, -0.05) is 29.3 Å². The molecule has 0 bridgehead atoms. The van der Waals surface area contributed by atoms with Gasteiger partial charge in [0, 0.05) is 18.7 Å². The van der Waals surface area contributed by atoms with Crippen LogP contribution in [-0.2, 0) is 0 Å². The fourth-order valence-corrected chi connectivity index (χ4v) is 3.50. The van der Waals surface area contributed by atoms with E-state index < -0.39 is 0 Å². The lowest BCUT2D eigenvalue weighted by Crippen LogP contribution is -2.40. The molecule has 0 saturated carbocycles. The Labute approximate surface area is 176 Å². The molecular weight excluding hydrogens is 407 g/mol. The Hall–Kier alpha value is -1.46. The Balaban J connectivity index is 0.00000261. The highest BCUT2D eigenvalue weighted by atomic mass is 35.5. The van der Waals surface area contributed by atoms with Crippen LogP contribution in [0.15, 0.2) is 42.5 Å². The Bertz CT molecular complexity index is 760. The first-order valence-electron chi connectivity index (χ1n) is 8.74. The van der Waals surface area contributed by atoms with E-state index in [4.69, 9.17) is 27.9 Å². The average molecular weight is 430 g/mol. The molecule has 4 nitrogen and oxygen atoms in total. The summed E-state index contributed by atoms with van der Waals surface area (Å²) in [7, 11) is 1.97. The first kappa shape index (κ1) is 21.8. The molecule has 0 unspecified atom stereocenters. The Morgan fingerprint density at radius 3 is 2.44 bits per heavy atom. The first-order chi connectivity index (χ1) is 12.6. The zero-order valence-corrected chi connectivity index (χ0v) is 17.4. The van der Waals surface area contributed by atoms with E-state index in [9.17, 15) is 4.79 Å². The number of rotatable bonds is 5. The lowest BCUT2D eigenvalue weighted by atomic mass is 9.96. The summed E-state index contributed by atoms with van der Waals surface area (Å²) in [5.41, 5.74) is 0.668. The van der Waals surface area contributed by atoms with Gasteiger partial charge in [-0.3, -0.25) is 4.79 Å².